The van der Waals surface area contributed by atoms with E-state index in [0.29, 0.717) is 6.04 Å². The molecule has 0 radical (unpaired) electrons. The summed E-state index contributed by atoms with van der Waals surface area (Å²) in [5.74, 6) is 0. The molecule has 2 rings (SSSR count). The molecule has 1 saturated carbocycles. The van der Waals surface area contributed by atoms with Crippen LogP contribution in [0.15, 0.2) is 12.1 Å². The zero-order valence-corrected chi connectivity index (χ0v) is 14.2. The summed E-state index contributed by atoms with van der Waals surface area (Å²) in [5, 5.41) is 10.8. The Bertz CT molecular complexity index is 440. The minimum absolute atomic E-state index is 0.368. The summed E-state index contributed by atoms with van der Waals surface area (Å²) in [7, 11) is 0. The van der Waals surface area contributed by atoms with E-state index in [0.717, 1.165) is 18.7 Å². The predicted octanol–water partition coefficient (Wildman–Crippen LogP) is 4.30. The number of hydrogen-bond donors (Lipinski definition) is 1. The minimum Gasteiger partial charge on any atom is -0.387 e. The van der Waals surface area contributed by atoms with E-state index in [1.165, 1.54) is 48.8 Å². The molecule has 1 atom stereocenters. The molecule has 0 spiro atoms. The van der Waals surface area contributed by atoms with Crippen molar-refractivity contribution in [2.45, 2.75) is 71.9 Å². The van der Waals surface area contributed by atoms with Crippen LogP contribution in [-0.2, 0) is 0 Å². The average Bonchev–Trinajstić information content (AvgIpc) is 2.44. The molecule has 0 saturated heterocycles. The molecule has 1 N–H and O–H groups in total. The Labute approximate surface area is 130 Å². The van der Waals surface area contributed by atoms with Crippen molar-refractivity contribution in [2.24, 2.45) is 0 Å². The van der Waals surface area contributed by atoms with Gasteiger partial charge in [-0.25, -0.2) is 0 Å². The summed E-state index contributed by atoms with van der Waals surface area (Å²) in [6, 6.07) is 5.04. The molecule has 0 amide bonds. The molecule has 1 fully saturated rings. The van der Waals surface area contributed by atoms with Crippen LogP contribution < -0.4 is 0 Å². The van der Waals surface area contributed by atoms with Crippen molar-refractivity contribution in [3.63, 3.8) is 0 Å². The first kappa shape index (κ1) is 16.5. The van der Waals surface area contributed by atoms with Gasteiger partial charge in [-0.3, -0.25) is 4.90 Å². The standard InChI is InChI=1S/C19H31NO/c1-5-20(17-9-7-6-8-10-17)13-18(21)19-15(3)11-14(2)12-16(19)4/h11-12,17-18,21H,5-10,13H2,1-4H3. The topological polar surface area (TPSA) is 23.5 Å². The maximum atomic E-state index is 10.8. The first-order valence-corrected chi connectivity index (χ1v) is 8.52. The molecule has 0 bridgehead atoms. The van der Waals surface area contributed by atoms with Gasteiger partial charge in [-0.15, -0.1) is 0 Å². The van der Waals surface area contributed by atoms with Gasteiger partial charge in [0.15, 0.2) is 0 Å². The summed E-state index contributed by atoms with van der Waals surface area (Å²) < 4.78 is 0. The van der Waals surface area contributed by atoms with Gasteiger partial charge >= 0.3 is 0 Å². The van der Waals surface area contributed by atoms with Crippen molar-refractivity contribution in [2.75, 3.05) is 13.1 Å². The van der Waals surface area contributed by atoms with Crippen LogP contribution in [-0.4, -0.2) is 29.1 Å². The van der Waals surface area contributed by atoms with Crippen molar-refractivity contribution in [3.8, 4) is 0 Å². The van der Waals surface area contributed by atoms with Gasteiger partial charge in [0, 0.05) is 12.6 Å². The third-order valence-electron chi connectivity index (χ3n) is 4.98. The monoisotopic (exact) mass is 289 g/mol. The molecule has 21 heavy (non-hydrogen) atoms. The third-order valence-corrected chi connectivity index (χ3v) is 4.98. The van der Waals surface area contributed by atoms with Crippen LogP contribution in [0.5, 0.6) is 0 Å². The number of nitrogens with zero attached hydrogens (tertiary/aromatic N) is 1. The summed E-state index contributed by atoms with van der Waals surface area (Å²) in [4.78, 5) is 2.49. The molecular formula is C19H31NO. The Morgan fingerprint density at radius 3 is 2.19 bits per heavy atom. The number of aliphatic hydroxyl groups is 1. The normalized spacial score (nSPS) is 18.2. The van der Waals surface area contributed by atoms with Crippen LogP contribution in [0, 0.1) is 20.8 Å². The summed E-state index contributed by atoms with van der Waals surface area (Å²) in [6.07, 6.45) is 6.30. The quantitative estimate of drug-likeness (QED) is 0.873. The number of benzene rings is 1. The number of rotatable bonds is 5. The van der Waals surface area contributed by atoms with Gasteiger partial charge in [-0.1, -0.05) is 43.9 Å². The molecule has 0 aliphatic heterocycles. The molecule has 1 aromatic rings. The molecule has 118 valence electrons. The lowest BCUT2D eigenvalue weighted by molar-refractivity contribution is 0.0760. The minimum atomic E-state index is -0.368. The fraction of sp³-hybridized carbons (Fsp3) is 0.684. The van der Waals surface area contributed by atoms with Crippen molar-refractivity contribution < 1.29 is 5.11 Å². The van der Waals surface area contributed by atoms with Gasteiger partial charge in [0.25, 0.3) is 0 Å². The predicted molar refractivity (Wildman–Crippen MR) is 89.7 cm³/mol. The van der Waals surface area contributed by atoms with E-state index in [4.69, 9.17) is 0 Å². The first-order valence-electron chi connectivity index (χ1n) is 8.52. The van der Waals surface area contributed by atoms with Gasteiger partial charge < -0.3 is 5.11 Å². The highest BCUT2D eigenvalue weighted by Gasteiger charge is 2.23. The van der Waals surface area contributed by atoms with Gasteiger partial charge in [0.05, 0.1) is 6.10 Å². The van der Waals surface area contributed by atoms with E-state index in [-0.39, 0.29) is 6.10 Å². The maximum Gasteiger partial charge on any atom is 0.0922 e. The van der Waals surface area contributed by atoms with Crippen LogP contribution in [0.1, 0.15) is 67.4 Å². The van der Waals surface area contributed by atoms with Crippen LogP contribution in [0.25, 0.3) is 0 Å². The molecule has 2 heteroatoms. The lowest BCUT2D eigenvalue weighted by atomic mass is 9.92. The van der Waals surface area contributed by atoms with Gasteiger partial charge in [0.2, 0.25) is 0 Å². The average molecular weight is 289 g/mol. The van der Waals surface area contributed by atoms with Crippen LogP contribution in [0.4, 0.5) is 0 Å². The molecule has 1 unspecified atom stereocenters. The molecule has 2 nitrogen and oxygen atoms in total. The number of aryl methyl sites for hydroxylation is 3. The first-order chi connectivity index (χ1) is 10.0. The maximum absolute atomic E-state index is 10.8. The lowest BCUT2D eigenvalue weighted by Crippen LogP contribution is -2.39. The summed E-state index contributed by atoms with van der Waals surface area (Å²) in [6.45, 7) is 10.4. The van der Waals surface area contributed by atoms with Crippen molar-refractivity contribution >= 4 is 0 Å². The largest absolute Gasteiger partial charge is 0.387 e. The lowest BCUT2D eigenvalue weighted by Gasteiger charge is -2.35. The molecule has 1 aliphatic rings. The van der Waals surface area contributed by atoms with Crippen LogP contribution >= 0.6 is 0 Å². The summed E-state index contributed by atoms with van der Waals surface area (Å²) in [5.41, 5.74) is 4.86. The second-order valence-electron chi connectivity index (χ2n) is 6.71. The fourth-order valence-electron chi connectivity index (χ4n) is 4.01. The highest BCUT2D eigenvalue weighted by atomic mass is 16.3. The van der Waals surface area contributed by atoms with Crippen molar-refractivity contribution in [1.29, 1.82) is 0 Å². The molecule has 0 heterocycles. The Balaban J connectivity index is 2.10. The van der Waals surface area contributed by atoms with Crippen LogP contribution in [0.3, 0.4) is 0 Å². The zero-order chi connectivity index (χ0) is 15.4. The smallest absolute Gasteiger partial charge is 0.0922 e. The molecule has 1 aliphatic carbocycles. The highest BCUT2D eigenvalue weighted by Crippen LogP contribution is 2.27. The second kappa shape index (κ2) is 7.42. The van der Waals surface area contributed by atoms with Gasteiger partial charge in [0.1, 0.15) is 0 Å². The van der Waals surface area contributed by atoms with E-state index in [2.05, 4.69) is 44.7 Å². The SMILES string of the molecule is CCN(CC(O)c1c(C)cc(C)cc1C)C1CCCCC1. The number of aliphatic hydroxyl groups excluding tert-OH is 1. The summed E-state index contributed by atoms with van der Waals surface area (Å²) >= 11 is 0. The van der Waals surface area contributed by atoms with E-state index in [9.17, 15) is 5.11 Å². The Morgan fingerprint density at radius 2 is 1.67 bits per heavy atom. The van der Waals surface area contributed by atoms with Crippen molar-refractivity contribution in [3.05, 3.63) is 34.4 Å². The van der Waals surface area contributed by atoms with E-state index >= 15 is 0 Å². The molecule has 1 aromatic carbocycles. The van der Waals surface area contributed by atoms with E-state index in [1.807, 2.05) is 0 Å². The highest BCUT2D eigenvalue weighted by molar-refractivity contribution is 5.39. The van der Waals surface area contributed by atoms with E-state index < -0.39 is 0 Å². The fourth-order valence-corrected chi connectivity index (χ4v) is 4.01. The molecule has 0 aromatic heterocycles. The molecular weight excluding hydrogens is 258 g/mol. The van der Waals surface area contributed by atoms with Crippen LogP contribution in [0.2, 0.25) is 0 Å². The third kappa shape index (κ3) is 4.08. The Morgan fingerprint density at radius 1 is 1.10 bits per heavy atom. The number of hydrogen-bond acceptors (Lipinski definition) is 2. The van der Waals surface area contributed by atoms with E-state index in [1.54, 1.807) is 0 Å². The zero-order valence-electron chi connectivity index (χ0n) is 14.2. The second-order valence-corrected chi connectivity index (χ2v) is 6.71. The Kier molecular flexibility index (Phi) is 5.83. The number of likely N-dealkylation sites (N-methyl/N-ethyl adjacent to an activating group) is 1. The Hall–Kier alpha value is -0.860. The van der Waals surface area contributed by atoms with Crippen molar-refractivity contribution in [1.82, 2.24) is 4.90 Å². The van der Waals surface area contributed by atoms with Gasteiger partial charge in [-0.2, -0.15) is 0 Å². The van der Waals surface area contributed by atoms with Gasteiger partial charge in [-0.05, 0) is 56.8 Å².